The molecule has 214 valence electrons. The Labute approximate surface area is 264 Å². The van der Waals surface area contributed by atoms with Crippen molar-refractivity contribution in [3.8, 4) is 27.9 Å². The SMILES string of the molecule is c1ccc(-n2c3ccccc3c3cc(-c4ccc5oc6cccc(-c7cccc8ccc9cccnc9c78)c6c5c4)ccc32)cc1. The molecule has 46 heavy (non-hydrogen) atoms. The molecule has 10 aromatic rings. The first-order valence-electron chi connectivity index (χ1n) is 15.6. The fourth-order valence-electron chi connectivity index (χ4n) is 7.38. The predicted molar refractivity (Wildman–Crippen MR) is 192 cm³/mol. The lowest BCUT2D eigenvalue weighted by Crippen LogP contribution is -1.92. The summed E-state index contributed by atoms with van der Waals surface area (Å²) >= 11 is 0. The Kier molecular flexibility index (Phi) is 5.28. The normalized spacial score (nSPS) is 11.9. The zero-order valence-corrected chi connectivity index (χ0v) is 24.8. The molecule has 3 heteroatoms. The molecular formula is C43H26N2O. The largest absolute Gasteiger partial charge is 0.456 e. The maximum absolute atomic E-state index is 6.47. The van der Waals surface area contributed by atoms with E-state index in [-0.39, 0.29) is 0 Å². The van der Waals surface area contributed by atoms with Gasteiger partial charge < -0.3 is 8.98 Å². The summed E-state index contributed by atoms with van der Waals surface area (Å²) < 4.78 is 8.82. The number of aromatic nitrogens is 2. The topological polar surface area (TPSA) is 31.0 Å². The van der Waals surface area contributed by atoms with E-state index in [1.807, 2.05) is 12.3 Å². The summed E-state index contributed by atoms with van der Waals surface area (Å²) in [5.74, 6) is 0. The van der Waals surface area contributed by atoms with Crippen molar-refractivity contribution in [1.29, 1.82) is 0 Å². The van der Waals surface area contributed by atoms with Crippen molar-refractivity contribution >= 4 is 65.4 Å². The van der Waals surface area contributed by atoms with E-state index in [0.29, 0.717) is 0 Å². The van der Waals surface area contributed by atoms with Crippen molar-refractivity contribution in [2.45, 2.75) is 0 Å². The molecule has 0 amide bonds. The quantitative estimate of drug-likeness (QED) is 0.193. The number of benzene rings is 7. The fourth-order valence-corrected chi connectivity index (χ4v) is 7.38. The summed E-state index contributed by atoms with van der Waals surface area (Å²) in [6.07, 6.45) is 1.88. The second kappa shape index (κ2) is 9.65. The summed E-state index contributed by atoms with van der Waals surface area (Å²) in [5.41, 5.74) is 11.0. The molecule has 0 aliphatic heterocycles. The summed E-state index contributed by atoms with van der Waals surface area (Å²) in [5, 5.41) is 8.21. The molecule has 0 N–H and O–H groups in total. The van der Waals surface area contributed by atoms with E-state index in [1.165, 1.54) is 38.1 Å². The highest BCUT2D eigenvalue weighted by molar-refractivity contribution is 6.20. The van der Waals surface area contributed by atoms with Crippen LogP contribution in [0.5, 0.6) is 0 Å². The molecule has 0 atom stereocenters. The third kappa shape index (κ3) is 3.63. The molecule has 0 aliphatic rings. The average Bonchev–Trinajstić information content (AvgIpc) is 3.67. The number of hydrogen-bond acceptors (Lipinski definition) is 2. The number of rotatable bonds is 3. The van der Waals surface area contributed by atoms with Crippen molar-refractivity contribution in [3.63, 3.8) is 0 Å². The van der Waals surface area contributed by atoms with Crippen LogP contribution >= 0.6 is 0 Å². The van der Waals surface area contributed by atoms with E-state index in [0.717, 1.165) is 55.2 Å². The van der Waals surface area contributed by atoms with Gasteiger partial charge in [0.2, 0.25) is 0 Å². The van der Waals surface area contributed by atoms with Gasteiger partial charge in [-0.05, 0) is 82.2 Å². The molecule has 0 unspecified atom stereocenters. The van der Waals surface area contributed by atoms with Gasteiger partial charge in [-0.15, -0.1) is 0 Å². The van der Waals surface area contributed by atoms with Gasteiger partial charge in [-0.25, -0.2) is 0 Å². The average molecular weight is 587 g/mol. The Morgan fingerprint density at radius 1 is 0.457 bits per heavy atom. The van der Waals surface area contributed by atoms with Crippen LogP contribution in [0.15, 0.2) is 162 Å². The molecule has 0 bridgehead atoms. The Hall–Kier alpha value is -6.19. The van der Waals surface area contributed by atoms with E-state index in [1.54, 1.807) is 0 Å². The molecule has 3 heterocycles. The van der Waals surface area contributed by atoms with Crippen LogP contribution in [0.25, 0.3) is 93.4 Å². The molecule has 0 saturated carbocycles. The Morgan fingerprint density at radius 2 is 1.17 bits per heavy atom. The van der Waals surface area contributed by atoms with Gasteiger partial charge in [-0.3, -0.25) is 4.98 Å². The van der Waals surface area contributed by atoms with Crippen molar-refractivity contribution in [3.05, 3.63) is 158 Å². The van der Waals surface area contributed by atoms with Crippen LogP contribution < -0.4 is 0 Å². The monoisotopic (exact) mass is 586 g/mol. The highest BCUT2D eigenvalue weighted by Crippen LogP contribution is 2.42. The Bertz CT molecular complexity index is 2800. The Morgan fingerprint density at radius 3 is 2.09 bits per heavy atom. The van der Waals surface area contributed by atoms with Gasteiger partial charge in [-0.2, -0.15) is 0 Å². The summed E-state index contributed by atoms with van der Waals surface area (Å²) in [4.78, 5) is 4.82. The zero-order valence-electron chi connectivity index (χ0n) is 24.8. The number of fused-ring (bicyclic) bond motifs is 9. The van der Waals surface area contributed by atoms with Gasteiger partial charge in [0, 0.05) is 44.2 Å². The van der Waals surface area contributed by atoms with E-state index >= 15 is 0 Å². The molecular weight excluding hydrogens is 560 g/mol. The molecule has 0 saturated heterocycles. The molecule has 10 rings (SSSR count). The minimum absolute atomic E-state index is 0.885. The van der Waals surface area contributed by atoms with Gasteiger partial charge in [0.25, 0.3) is 0 Å². The molecule has 0 radical (unpaired) electrons. The van der Waals surface area contributed by atoms with E-state index in [9.17, 15) is 0 Å². The minimum Gasteiger partial charge on any atom is -0.456 e. The number of hydrogen-bond donors (Lipinski definition) is 0. The van der Waals surface area contributed by atoms with Gasteiger partial charge in [0.15, 0.2) is 0 Å². The molecule has 0 fully saturated rings. The first-order chi connectivity index (χ1) is 22.8. The van der Waals surface area contributed by atoms with E-state index in [4.69, 9.17) is 9.40 Å². The fraction of sp³-hybridized carbons (Fsp3) is 0. The number of para-hydroxylation sites is 2. The molecule has 0 spiro atoms. The van der Waals surface area contributed by atoms with E-state index < -0.39 is 0 Å². The second-order valence-electron chi connectivity index (χ2n) is 12.0. The third-order valence-corrected chi connectivity index (χ3v) is 9.42. The number of furan rings is 1. The van der Waals surface area contributed by atoms with Gasteiger partial charge in [-0.1, -0.05) is 97.1 Å². The maximum atomic E-state index is 6.47. The highest BCUT2D eigenvalue weighted by Gasteiger charge is 2.18. The van der Waals surface area contributed by atoms with Gasteiger partial charge in [0.1, 0.15) is 11.2 Å². The van der Waals surface area contributed by atoms with Crippen LogP contribution in [-0.2, 0) is 0 Å². The standard InChI is InChI=1S/C43H26N2O/c1-2-11-31(12-3-1)45-37-16-5-4-13-32(37)35-25-29(20-22-38(35)45)30-21-23-39-36(26-30)42-34(15-7-17-40(42)46-39)33-14-6-9-27-18-19-28-10-8-24-44-43(28)41(27)33/h1-26H. The third-order valence-electron chi connectivity index (χ3n) is 9.42. The molecule has 3 nitrogen and oxygen atoms in total. The highest BCUT2D eigenvalue weighted by atomic mass is 16.3. The minimum atomic E-state index is 0.885. The van der Waals surface area contributed by atoms with E-state index in [2.05, 4.69) is 150 Å². The van der Waals surface area contributed by atoms with Crippen LogP contribution in [0, 0.1) is 0 Å². The van der Waals surface area contributed by atoms with Crippen molar-refractivity contribution in [1.82, 2.24) is 9.55 Å². The Balaban J connectivity index is 1.21. The molecule has 0 aliphatic carbocycles. The first kappa shape index (κ1) is 25.2. The van der Waals surface area contributed by atoms with Crippen LogP contribution in [0.3, 0.4) is 0 Å². The summed E-state index contributed by atoms with van der Waals surface area (Å²) in [6.45, 7) is 0. The van der Waals surface area contributed by atoms with Crippen LogP contribution in [-0.4, -0.2) is 9.55 Å². The lowest BCUT2D eigenvalue weighted by molar-refractivity contribution is 0.669. The smallest absolute Gasteiger partial charge is 0.136 e. The van der Waals surface area contributed by atoms with Crippen LogP contribution in [0.4, 0.5) is 0 Å². The molecule has 3 aromatic heterocycles. The lowest BCUT2D eigenvalue weighted by atomic mass is 9.92. The van der Waals surface area contributed by atoms with Gasteiger partial charge >= 0.3 is 0 Å². The van der Waals surface area contributed by atoms with Crippen molar-refractivity contribution < 1.29 is 4.42 Å². The second-order valence-corrected chi connectivity index (χ2v) is 12.0. The van der Waals surface area contributed by atoms with Crippen LogP contribution in [0.1, 0.15) is 0 Å². The molecule has 7 aromatic carbocycles. The summed E-state index contributed by atoms with van der Waals surface area (Å²) in [7, 11) is 0. The van der Waals surface area contributed by atoms with Gasteiger partial charge in [0.05, 0.1) is 16.6 Å². The zero-order chi connectivity index (χ0) is 30.2. The predicted octanol–water partition coefficient (Wildman–Crippen LogP) is 11.7. The lowest BCUT2D eigenvalue weighted by Gasteiger charge is -2.11. The van der Waals surface area contributed by atoms with Crippen molar-refractivity contribution in [2.75, 3.05) is 0 Å². The maximum Gasteiger partial charge on any atom is 0.136 e. The van der Waals surface area contributed by atoms with Crippen LogP contribution in [0.2, 0.25) is 0 Å². The summed E-state index contributed by atoms with van der Waals surface area (Å²) in [6, 6.07) is 54.1. The van der Waals surface area contributed by atoms with Crippen molar-refractivity contribution in [2.24, 2.45) is 0 Å². The number of pyridine rings is 1. The first-order valence-corrected chi connectivity index (χ1v) is 15.6. The number of nitrogens with zero attached hydrogens (tertiary/aromatic N) is 2.